The van der Waals surface area contributed by atoms with Gasteiger partial charge in [-0.25, -0.2) is 9.67 Å². The average Bonchev–Trinajstić information content (AvgIpc) is 3.59. The van der Waals surface area contributed by atoms with Gasteiger partial charge in [-0.05, 0) is 60.4 Å². The van der Waals surface area contributed by atoms with E-state index in [2.05, 4.69) is 31.1 Å². The summed E-state index contributed by atoms with van der Waals surface area (Å²) in [5.41, 5.74) is 3.68. The Balaban J connectivity index is 1.38. The van der Waals surface area contributed by atoms with Crippen molar-refractivity contribution in [3.8, 4) is 17.1 Å². The Hall–Kier alpha value is -3.55. The van der Waals surface area contributed by atoms with Crippen molar-refractivity contribution in [1.82, 2.24) is 34.7 Å². The van der Waals surface area contributed by atoms with Gasteiger partial charge in [-0.15, -0.1) is 5.10 Å². The second-order valence-electron chi connectivity index (χ2n) is 10.2. The second kappa shape index (κ2) is 10.2. The first-order valence-electron chi connectivity index (χ1n) is 13.4. The van der Waals surface area contributed by atoms with E-state index in [1.54, 1.807) is 11.0 Å². The average molecular weight is 484 g/mol. The molecule has 0 aliphatic heterocycles. The third-order valence-corrected chi connectivity index (χ3v) is 7.89. The number of imidazole rings is 1. The van der Waals surface area contributed by atoms with Crippen LogP contribution in [0, 0.1) is 0 Å². The van der Waals surface area contributed by atoms with E-state index in [1.165, 1.54) is 38.5 Å². The number of nitrogens with zero attached hydrogens (tertiary/aromatic N) is 7. The van der Waals surface area contributed by atoms with Crippen molar-refractivity contribution in [3.05, 3.63) is 54.9 Å². The van der Waals surface area contributed by atoms with Crippen LogP contribution in [0.1, 0.15) is 64.2 Å². The molecule has 1 amide bonds. The molecule has 0 saturated heterocycles. The summed E-state index contributed by atoms with van der Waals surface area (Å²) >= 11 is 0. The van der Waals surface area contributed by atoms with Crippen LogP contribution >= 0.6 is 0 Å². The molecule has 0 spiro atoms. The van der Waals surface area contributed by atoms with Crippen LogP contribution in [0.4, 0.5) is 0 Å². The van der Waals surface area contributed by atoms with Gasteiger partial charge in [-0.2, -0.15) is 0 Å². The highest BCUT2D eigenvalue weighted by Crippen LogP contribution is 2.32. The summed E-state index contributed by atoms with van der Waals surface area (Å²) in [6.45, 7) is 0.304. The maximum Gasteiger partial charge on any atom is 0.243 e. The van der Waals surface area contributed by atoms with E-state index in [0.29, 0.717) is 18.6 Å². The summed E-state index contributed by atoms with van der Waals surface area (Å²) in [6, 6.07) is 16.9. The summed E-state index contributed by atoms with van der Waals surface area (Å²) in [7, 11) is 0. The minimum absolute atomic E-state index is 0.231. The highest BCUT2D eigenvalue weighted by atomic mass is 16.2. The number of fused-ring (bicyclic) bond motifs is 1. The van der Waals surface area contributed by atoms with Gasteiger partial charge in [-0.3, -0.25) is 4.79 Å². The number of benzene rings is 2. The Morgan fingerprint density at radius 1 is 0.889 bits per heavy atom. The lowest BCUT2D eigenvalue weighted by molar-refractivity contribution is -0.138. The van der Waals surface area contributed by atoms with Crippen LogP contribution < -0.4 is 0 Å². The topological polar surface area (TPSA) is 81.7 Å². The van der Waals surface area contributed by atoms with Crippen LogP contribution in [0.25, 0.3) is 28.1 Å². The third-order valence-electron chi connectivity index (χ3n) is 7.89. The highest BCUT2D eigenvalue weighted by Gasteiger charge is 2.33. The van der Waals surface area contributed by atoms with Gasteiger partial charge in [0.1, 0.15) is 18.7 Å². The van der Waals surface area contributed by atoms with Gasteiger partial charge in [0.05, 0.1) is 16.7 Å². The second-order valence-corrected chi connectivity index (χ2v) is 10.2. The predicted molar refractivity (Wildman–Crippen MR) is 138 cm³/mol. The number of hydrogen-bond acceptors (Lipinski definition) is 5. The molecule has 2 aromatic carbocycles. The Kier molecular flexibility index (Phi) is 6.49. The van der Waals surface area contributed by atoms with E-state index < -0.39 is 0 Å². The number of hydrogen-bond donors (Lipinski definition) is 0. The fourth-order valence-electron chi connectivity index (χ4n) is 6.16. The van der Waals surface area contributed by atoms with Crippen molar-refractivity contribution < 1.29 is 4.79 Å². The molecule has 0 unspecified atom stereocenters. The zero-order valence-corrected chi connectivity index (χ0v) is 20.7. The summed E-state index contributed by atoms with van der Waals surface area (Å²) < 4.78 is 3.74. The standard InChI is InChI=1S/C28H33N7O/c36-27(35(22-11-3-1-4-12-22)23-13-5-2-6-14-23)19-33-26-17-8-7-16-25(26)30-28(33)21-10-9-15-24(18-21)34-20-29-31-32-34/h7-10,15-18,20,22-23H,1-6,11-14,19H2. The van der Waals surface area contributed by atoms with E-state index in [9.17, 15) is 4.79 Å². The maximum absolute atomic E-state index is 14.1. The van der Waals surface area contributed by atoms with Crippen LogP contribution in [-0.2, 0) is 11.3 Å². The molecule has 8 nitrogen and oxygen atoms in total. The third kappa shape index (κ3) is 4.52. The number of carbonyl (C=O) groups excluding carboxylic acids is 1. The van der Waals surface area contributed by atoms with Crippen molar-refractivity contribution in [3.63, 3.8) is 0 Å². The van der Waals surface area contributed by atoms with Gasteiger partial charge in [-0.1, -0.05) is 62.8 Å². The SMILES string of the molecule is O=C(Cn1c(-c2cccc(-n3cnnn3)c2)nc2ccccc21)N(C1CCCCC1)C1CCCCC1. The Labute approximate surface area is 211 Å². The summed E-state index contributed by atoms with van der Waals surface area (Å²) in [5.74, 6) is 1.03. The van der Waals surface area contributed by atoms with Gasteiger partial charge < -0.3 is 9.47 Å². The molecule has 4 aromatic rings. The van der Waals surface area contributed by atoms with E-state index in [0.717, 1.165) is 53.8 Å². The molecule has 2 saturated carbocycles. The molecule has 2 aromatic heterocycles. The van der Waals surface area contributed by atoms with Gasteiger partial charge in [0.15, 0.2) is 0 Å². The van der Waals surface area contributed by atoms with Crippen molar-refractivity contribution >= 4 is 16.9 Å². The number of para-hydroxylation sites is 2. The summed E-state index contributed by atoms with van der Waals surface area (Å²) in [5, 5.41) is 11.6. The molecule has 36 heavy (non-hydrogen) atoms. The first-order valence-corrected chi connectivity index (χ1v) is 13.4. The molecule has 0 atom stereocenters. The summed E-state index contributed by atoms with van der Waals surface area (Å²) in [4.78, 5) is 21.4. The highest BCUT2D eigenvalue weighted by molar-refractivity contribution is 5.85. The fourth-order valence-corrected chi connectivity index (χ4v) is 6.16. The van der Waals surface area contributed by atoms with Gasteiger partial charge in [0.2, 0.25) is 5.91 Å². The van der Waals surface area contributed by atoms with E-state index >= 15 is 0 Å². The Morgan fingerprint density at radius 3 is 2.31 bits per heavy atom. The zero-order valence-electron chi connectivity index (χ0n) is 20.7. The molecular formula is C28H33N7O. The molecule has 8 heteroatoms. The molecular weight excluding hydrogens is 450 g/mol. The van der Waals surface area contributed by atoms with E-state index in [-0.39, 0.29) is 5.91 Å². The fraction of sp³-hybridized carbons (Fsp3) is 0.464. The molecule has 2 heterocycles. The molecule has 0 N–H and O–H groups in total. The number of rotatable bonds is 6. The first kappa shape index (κ1) is 22.9. The zero-order chi connectivity index (χ0) is 24.3. The van der Waals surface area contributed by atoms with Crippen molar-refractivity contribution in [2.24, 2.45) is 0 Å². The van der Waals surface area contributed by atoms with E-state index in [1.807, 2.05) is 42.5 Å². The van der Waals surface area contributed by atoms with Crippen LogP contribution in [-0.4, -0.2) is 52.6 Å². The Morgan fingerprint density at radius 2 is 1.61 bits per heavy atom. The number of aromatic nitrogens is 6. The quantitative estimate of drug-likeness (QED) is 0.378. The lowest BCUT2D eigenvalue weighted by Crippen LogP contribution is -2.50. The van der Waals surface area contributed by atoms with Crippen molar-refractivity contribution in [2.45, 2.75) is 82.8 Å². The molecule has 186 valence electrons. The number of carbonyl (C=O) groups is 1. The van der Waals surface area contributed by atoms with E-state index in [4.69, 9.17) is 4.98 Å². The molecule has 6 rings (SSSR count). The van der Waals surface area contributed by atoms with Crippen LogP contribution in [0.5, 0.6) is 0 Å². The minimum atomic E-state index is 0.231. The minimum Gasteiger partial charge on any atom is -0.335 e. The molecule has 2 aliphatic rings. The monoisotopic (exact) mass is 483 g/mol. The normalized spacial score (nSPS) is 17.4. The lowest BCUT2D eigenvalue weighted by atomic mass is 9.88. The Bertz CT molecular complexity index is 1300. The van der Waals surface area contributed by atoms with Crippen LogP contribution in [0.15, 0.2) is 54.9 Å². The molecule has 2 fully saturated rings. The van der Waals surface area contributed by atoms with Gasteiger partial charge >= 0.3 is 0 Å². The maximum atomic E-state index is 14.1. The summed E-state index contributed by atoms with van der Waals surface area (Å²) in [6.07, 6.45) is 13.6. The van der Waals surface area contributed by atoms with Crippen LogP contribution in [0.3, 0.4) is 0 Å². The molecule has 0 radical (unpaired) electrons. The van der Waals surface area contributed by atoms with Gasteiger partial charge in [0, 0.05) is 17.6 Å². The molecule has 2 aliphatic carbocycles. The first-order chi connectivity index (χ1) is 17.8. The van der Waals surface area contributed by atoms with Crippen molar-refractivity contribution in [2.75, 3.05) is 0 Å². The van der Waals surface area contributed by atoms with Gasteiger partial charge in [0.25, 0.3) is 0 Å². The van der Waals surface area contributed by atoms with Crippen LogP contribution in [0.2, 0.25) is 0 Å². The number of amides is 1. The predicted octanol–water partition coefficient (Wildman–Crippen LogP) is 5.17. The lowest BCUT2D eigenvalue weighted by Gasteiger charge is -2.42. The largest absolute Gasteiger partial charge is 0.335 e. The van der Waals surface area contributed by atoms with Crippen molar-refractivity contribution in [1.29, 1.82) is 0 Å². The smallest absolute Gasteiger partial charge is 0.243 e. The number of tetrazole rings is 1. The molecule has 0 bridgehead atoms.